The first-order valence-electron chi connectivity index (χ1n) is 7.23. The summed E-state index contributed by atoms with van der Waals surface area (Å²) < 4.78 is 42.5. The number of carbonyl (C=O) groups is 1. The van der Waals surface area contributed by atoms with Gasteiger partial charge in [-0.05, 0) is 39.8 Å². The van der Waals surface area contributed by atoms with E-state index in [-0.39, 0.29) is 13.0 Å². The van der Waals surface area contributed by atoms with Gasteiger partial charge >= 0.3 is 12.1 Å². The van der Waals surface area contributed by atoms with Gasteiger partial charge in [-0.2, -0.15) is 13.2 Å². The van der Waals surface area contributed by atoms with Gasteiger partial charge in [0.25, 0.3) is 0 Å². The molecule has 0 amide bonds. The summed E-state index contributed by atoms with van der Waals surface area (Å²) in [6.07, 6.45) is -3.17. The minimum absolute atomic E-state index is 0.254. The zero-order chi connectivity index (χ0) is 16.7. The van der Waals surface area contributed by atoms with Crippen molar-refractivity contribution in [3.05, 3.63) is 0 Å². The number of carbonyl (C=O) groups excluding carboxylic acids is 1. The van der Waals surface area contributed by atoms with E-state index in [0.717, 1.165) is 6.42 Å². The van der Waals surface area contributed by atoms with Gasteiger partial charge in [-0.1, -0.05) is 13.8 Å². The number of alkyl halides is 3. The van der Waals surface area contributed by atoms with Crippen molar-refractivity contribution < 1.29 is 22.7 Å². The van der Waals surface area contributed by atoms with E-state index in [0.29, 0.717) is 6.54 Å². The maximum Gasteiger partial charge on any atom is 0.401 e. The smallest absolute Gasteiger partial charge is 0.401 e. The van der Waals surface area contributed by atoms with Crippen molar-refractivity contribution in [1.29, 1.82) is 0 Å². The number of esters is 1. The fourth-order valence-corrected chi connectivity index (χ4v) is 2.38. The number of nitrogens with one attached hydrogen (secondary N) is 1. The maximum absolute atomic E-state index is 12.6. The quantitative estimate of drug-likeness (QED) is 0.665. The summed E-state index contributed by atoms with van der Waals surface area (Å²) >= 11 is 0. The van der Waals surface area contributed by atoms with Crippen LogP contribution in [0.5, 0.6) is 0 Å². The third-order valence-corrected chi connectivity index (χ3v) is 3.52. The molecule has 21 heavy (non-hydrogen) atoms. The highest BCUT2D eigenvalue weighted by Crippen LogP contribution is 2.22. The second-order valence-electron chi connectivity index (χ2n) is 5.48. The van der Waals surface area contributed by atoms with E-state index >= 15 is 0 Å². The van der Waals surface area contributed by atoms with E-state index in [4.69, 9.17) is 4.74 Å². The highest BCUT2D eigenvalue weighted by atomic mass is 19.4. The lowest BCUT2D eigenvalue weighted by Gasteiger charge is -2.36. The molecular weight excluding hydrogens is 285 g/mol. The molecule has 1 N–H and O–H groups in total. The second kappa shape index (κ2) is 8.58. The Hall–Kier alpha value is -0.820. The lowest BCUT2D eigenvalue weighted by Crippen LogP contribution is -2.55. The molecule has 0 rings (SSSR count). The lowest BCUT2D eigenvalue weighted by atomic mass is 9.92. The predicted molar refractivity (Wildman–Crippen MR) is 76.1 cm³/mol. The van der Waals surface area contributed by atoms with Crippen LogP contribution in [0.1, 0.15) is 40.5 Å². The first-order chi connectivity index (χ1) is 9.59. The number of hydrogen-bond acceptors (Lipinski definition) is 4. The Morgan fingerprint density at radius 3 is 2.29 bits per heavy atom. The summed E-state index contributed by atoms with van der Waals surface area (Å²) in [5, 5.41) is 3.09. The topological polar surface area (TPSA) is 41.6 Å². The molecule has 2 atom stereocenters. The Morgan fingerprint density at radius 2 is 1.90 bits per heavy atom. The largest absolute Gasteiger partial charge is 0.468 e. The van der Waals surface area contributed by atoms with E-state index < -0.39 is 30.3 Å². The van der Waals surface area contributed by atoms with Gasteiger partial charge in [-0.15, -0.1) is 0 Å². The van der Waals surface area contributed by atoms with Gasteiger partial charge in [-0.3, -0.25) is 9.69 Å². The fraction of sp³-hybridized carbons (Fsp3) is 0.929. The van der Waals surface area contributed by atoms with Crippen LogP contribution < -0.4 is 5.32 Å². The first-order valence-corrected chi connectivity index (χ1v) is 7.23. The van der Waals surface area contributed by atoms with Crippen molar-refractivity contribution in [3.63, 3.8) is 0 Å². The van der Waals surface area contributed by atoms with Gasteiger partial charge in [0, 0.05) is 6.04 Å². The average molecular weight is 312 g/mol. The van der Waals surface area contributed by atoms with Crippen LogP contribution in [0.25, 0.3) is 0 Å². The highest BCUT2D eigenvalue weighted by Gasteiger charge is 2.38. The second-order valence-corrected chi connectivity index (χ2v) is 5.48. The number of ether oxygens (including phenoxy) is 1. The summed E-state index contributed by atoms with van der Waals surface area (Å²) in [6, 6.07) is -0.398. The van der Waals surface area contributed by atoms with Crippen LogP contribution in [0.15, 0.2) is 0 Å². The summed E-state index contributed by atoms with van der Waals surface area (Å²) in [6.45, 7) is 6.90. The molecule has 0 aliphatic heterocycles. The Morgan fingerprint density at radius 1 is 1.33 bits per heavy atom. The molecule has 0 fully saturated rings. The Labute approximate surface area is 125 Å². The molecule has 0 radical (unpaired) electrons. The molecule has 0 saturated carbocycles. The van der Waals surface area contributed by atoms with Crippen LogP contribution in [-0.4, -0.2) is 55.4 Å². The zero-order valence-electron chi connectivity index (χ0n) is 13.5. The SMILES string of the molecule is CCCNC(C)(CC(C)N(CC)CC(F)(F)F)C(=O)OC. The van der Waals surface area contributed by atoms with Crippen molar-refractivity contribution in [1.82, 2.24) is 10.2 Å². The van der Waals surface area contributed by atoms with Crippen LogP contribution in [-0.2, 0) is 9.53 Å². The number of methoxy groups -OCH3 is 1. The van der Waals surface area contributed by atoms with Crippen LogP contribution in [0, 0.1) is 0 Å². The van der Waals surface area contributed by atoms with Crippen LogP contribution in [0.3, 0.4) is 0 Å². The highest BCUT2D eigenvalue weighted by molar-refractivity contribution is 5.80. The molecule has 0 saturated heterocycles. The van der Waals surface area contributed by atoms with E-state index in [1.165, 1.54) is 12.0 Å². The molecular formula is C14H27F3N2O2. The van der Waals surface area contributed by atoms with Crippen LogP contribution in [0.4, 0.5) is 13.2 Å². The average Bonchev–Trinajstić information content (AvgIpc) is 2.40. The monoisotopic (exact) mass is 312 g/mol. The molecule has 0 aliphatic carbocycles. The van der Waals surface area contributed by atoms with Crippen LogP contribution >= 0.6 is 0 Å². The third-order valence-electron chi connectivity index (χ3n) is 3.52. The van der Waals surface area contributed by atoms with E-state index in [1.54, 1.807) is 20.8 Å². The summed E-state index contributed by atoms with van der Waals surface area (Å²) in [5.74, 6) is -0.453. The molecule has 0 aromatic carbocycles. The standard InChI is InChI=1S/C14H27F3N2O2/c1-6-8-18-13(4,12(20)21-5)9-11(3)19(7-2)10-14(15,16)17/h11,18H,6-10H2,1-5H3. The zero-order valence-corrected chi connectivity index (χ0v) is 13.5. The van der Waals surface area contributed by atoms with E-state index in [1.807, 2.05) is 6.92 Å². The normalized spacial score (nSPS) is 16.6. The number of halogens is 3. The lowest BCUT2D eigenvalue weighted by molar-refractivity contribution is -0.154. The molecule has 2 unspecified atom stereocenters. The molecule has 0 spiro atoms. The van der Waals surface area contributed by atoms with Gasteiger partial charge in [0.1, 0.15) is 5.54 Å². The summed E-state index contributed by atoms with van der Waals surface area (Å²) in [4.78, 5) is 13.3. The Kier molecular flexibility index (Phi) is 8.25. The minimum Gasteiger partial charge on any atom is -0.468 e. The minimum atomic E-state index is -4.25. The first kappa shape index (κ1) is 20.2. The van der Waals surface area contributed by atoms with Crippen LogP contribution in [0.2, 0.25) is 0 Å². The van der Waals surface area contributed by atoms with Gasteiger partial charge in [0.05, 0.1) is 13.7 Å². The van der Waals surface area contributed by atoms with Crippen molar-refractivity contribution in [2.24, 2.45) is 0 Å². The molecule has 0 bridgehead atoms. The van der Waals surface area contributed by atoms with Gasteiger partial charge in [0.15, 0.2) is 0 Å². The number of nitrogens with zero attached hydrogens (tertiary/aromatic N) is 1. The van der Waals surface area contributed by atoms with Crippen molar-refractivity contribution >= 4 is 5.97 Å². The van der Waals surface area contributed by atoms with Gasteiger partial charge < -0.3 is 10.1 Å². The fourth-order valence-electron chi connectivity index (χ4n) is 2.38. The molecule has 0 aromatic heterocycles. The molecule has 0 aromatic rings. The molecule has 0 aliphatic rings. The predicted octanol–water partition coefficient (Wildman–Crippen LogP) is 2.58. The Bertz CT molecular complexity index is 324. The Balaban J connectivity index is 4.92. The third kappa shape index (κ3) is 7.13. The van der Waals surface area contributed by atoms with Gasteiger partial charge in [0.2, 0.25) is 0 Å². The molecule has 0 heterocycles. The van der Waals surface area contributed by atoms with Crippen molar-refractivity contribution in [2.45, 2.75) is 58.3 Å². The van der Waals surface area contributed by atoms with Gasteiger partial charge in [-0.25, -0.2) is 0 Å². The van der Waals surface area contributed by atoms with E-state index in [9.17, 15) is 18.0 Å². The van der Waals surface area contributed by atoms with Crippen molar-refractivity contribution in [2.75, 3.05) is 26.7 Å². The van der Waals surface area contributed by atoms with Crippen molar-refractivity contribution in [3.8, 4) is 0 Å². The maximum atomic E-state index is 12.6. The summed E-state index contributed by atoms with van der Waals surface area (Å²) in [7, 11) is 1.28. The molecule has 7 heteroatoms. The number of rotatable bonds is 9. The summed E-state index contributed by atoms with van der Waals surface area (Å²) in [5.41, 5.74) is -0.983. The van der Waals surface area contributed by atoms with E-state index in [2.05, 4.69) is 5.32 Å². The molecule has 4 nitrogen and oxygen atoms in total. The molecule has 126 valence electrons. The number of hydrogen-bond donors (Lipinski definition) is 1.